The number of benzene rings is 1. The first-order valence-electron chi connectivity index (χ1n) is 5.55. The average molecular weight is 256 g/mol. The van der Waals surface area contributed by atoms with Gasteiger partial charge in [-0.25, -0.2) is 8.78 Å². The third-order valence-corrected chi connectivity index (χ3v) is 2.70. The molecule has 0 aromatic heterocycles. The van der Waals surface area contributed by atoms with Gasteiger partial charge in [-0.15, -0.1) is 0 Å². The van der Waals surface area contributed by atoms with Crippen molar-refractivity contribution in [1.29, 1.82) is 0 Å². The summed E-state index contributed by atoms with van der Waals surface area (Å²) in [5.74, 6) is -1.89. The number of carbonyl (C=O) groups excluding carboxylic acids is 1. The zero-order valence-electron chi connectivity index (χ0n) is 9.91. The number of β-amino-alcohol motifs (C(OH)–C–C–N with tert-alkyl or cyclic N) is 1. The van der Waals surface area contributed by atoms with Crippen LogP contribution in [0, 0.1) is 11.6 Å². The SMILES string of the molecule is CC1(O)CN(CC(=O)Nc2ccc(F)cc2F)C1. The molecule has 6 heteroatoms. The maximum absolute atomic E-state index is 13.3. The van der Waals surface area contributed by atoms with E-state index in [1.54, 1.807) is 11.8 Å². The van der Waals surface area contributed by atoms with Crippen LogP contribution < -0.4 is 5.32 Å². The van der Waals surface area contributed by atoms with Crippen molar-refractivity contribution in [2.24, 2.45) is 0 Å². The monoisotopic (exact) mass is 256 g/mol. The van der Waals surface area contributed by atoms with Gasteiger partial charge in [0, 0.05) is 19.2 Å². The first-order valence-corrected chi connectivity index (χ1v) is 5.55. The summed E-state index contributed by atoms with van der Waals surface area (Å²) in [6.07, 6.45) is 0. The maximum Gasteiger partial charge on any atom is 0.238 e. The highest BCUT2D eigenvalue weighted by molar-refractivity contribution is 5.92. The van der Waals surface area contributed by atoms with Gasteiger partial charge in [0.1, 0.15) is 11.6 Å². The zero-order valence-corrected chi connectivity index (χ0v) is 9.91. The Morgan fingerprint density at radius 1 is 1.50 bits per heavy atom. The summed E-state index contributed by atoms with van der Waals surface area (Å²) in [7, 11) is 0. The van der Waals surface area contributed by atoms with Crippen molar-refractivity contribution >= 4 is 11.6 Å². The average Bonchev–Trinajstić information content (AvgIpc) is 2.19. The van der Waals surface area contributed by atoms with Gasteiger partial charge in [-0.3, -0.25) is 9.69 Å². The van der Waals surface area contributed by atoms with Crippen LogP contribution in [0.5, 0.6) is 0 Å². The minimum absolute atomic E-state index is 0.0475. The van der Waals surface area contributed by atoms with Crippen molar-refractivity contribution in [2.45, 2.75) is 12.5 Å². The van der Waals surface area contributed by atoms with Gasteiger partial charge in [-0.2, -0.15) is 0 Å². The van der Waals surface area contributed by atoms with Gasteiger partial charge < -0.3 is 10.4 Å². The van der Waals surface area contributed by atoms with E-state index in [9.17, 15) is 18.7 Å². The van der Waals surface area contributed by atoms with Crippen molar-refractivity contribution in [2.75, 3.05) is 25.0 Å². The standard InChI is InChI=1S/C12H14F2N2O2/c1-12(18)6-16(7-12)5-11(17)15-10-3-2-8(13)4-9(10)14/h2-4,18H,5-7H2,1H3,(H,15,17). The Labute approximate surface area is 103 Å². The second-order valence-corrected chi connectivity index (χ2v) is 4.81. The lowest BCUT2D eigenvalue weighted by Crippen LogP contribution is -2.61. The number of anilines is 1. The molecule has 2 N–H and O–H groups in total. The molecule has 98 valence electrons. The maximum atomic E-state index is 13.3. The van der Waals surface area contributed by atoms with E-state index < -0.39 is 23.1 Å². The van der Waals surface area contributed by atoms with Crippen LogP contribution >= 0.6 is 0 Å². The molecule has 1 amide bonds. The molecule has 0 saturated carbocycles. The van der Waals surface area contributed by atoms with Gasteiger partial charge in [-0.05, 0) is 19.1 Å². The fourth-order valence-corrected chi connectivity index (χ4v) is 2.01. The first kappa shape index (κ1) is 12.9. The van der Waals surface area contributed by atoms with E-state index >= 15 is 0 Å². The second-order valence-electron chi connectivity index (χ2n) is 4.81. The van der Waals surface area contributed by atoms with Gasteiger partial charge in [0.25, 0.3) is 0 Å². The van der Waals surface area contributed by atoms with Crippen molar-refractivity contribution in [3.05, 3.63) is 29.8 Å². The predicted molar refractivity (Wildman–Crippen MR) is 62.1 cm³/mol. The van der Waals surface area contributed by atoms with Crippen LogP contribution in [0.15, 0.2) is 18.2 Å². The normalized spacial score (nSPS) is 18.2. The molecule has 0 aliphatic carbocycles. The summed E-state index contributed by atoms with van der Waals surface area (Å²) in [4.78, 5) is 13.3. The van der Waals surface area contributed by atoms with Gasteiger partial charge in [-0.1, -0.05) is 0 Å². The summed E-state index contributed by atoms with van der Waals surface area (Å²) >= 11 is 0. The van der Waals surface area contributed by atoms with E-state index in [0.29, 0.717) is 19.2 Å². The fraction of sp³-hybridized carbons (Fsp3) is 0.417. The molecule has 1 fully saturated rings. The van der Waals surface area contributed by atoms with E-state index in [0.717, 1.165) is 6.07 Å². The molecule has 1 heterocycles. The Balaban J connectivity index is 1.88. The number of amides is 1. The number of nitrogens with one attached hydrogen (secondary N) is 1. The molecule has 4 nitrogen and oxygen atoms in total. The molecule has 0 atom stereocenters. The number of hydrogen-bond donors (Lipinski definition) is 2. The van der Waals surface area contributed by atoms with Crippen LogP contribution in [0.25, 0.3) is 0 Å². The molecule has 1 saturated heterocycles. The Kier molecular flexibility index (Phi) is 3.32. The first-order chi connectivity index (χ1) is 8.35. The summed E-state index contributed by atoms with van der Waals surface area (Å²) < 4.78 is 25.9. The number of aliphatic hydroxyl groups is 1. The van der Waals surface area contributed by atoms with Crippen LogP contribution in [0.2, 0.25) is 0 Å². The quantitative estimate of drug-likeness (QED) is 0.847. The molecule has 0 spiro atoms. The molecular weight excluding hydrogens is 242 g/mol. The molecule has 0 radical (unpaired) electrons. The molecule has 0 unspecified atom stereocenters. The highest BCUT2D eigenvalue weighted by atomic mass is 19.1. The lowest BCUT2D eigenvalue weighted by molar-refractivity contribution is -0.125. The molecule has 2 rings (SSSR count). The van der Waals surface area contributed by atoms with Crippen LogP contribution in [0.3, 0.4) is 0 Å². The fourth-order valence-electron chi connectivity index (χ4n) is 2.01. The Bertz CT molecular complexity index is 469. The predicted octanol–water partition coefficient (Wildman–Crippen LogP) is 0.970. The van der Waals surface area contributed by atoms with Crippen LogP contribution in [0.1, 0.15) is 6.92 Å². The Hall–Kier alpha value is -1.53. The van der Waals surface area contributed by atoms with E-state index in [1.165, 1.54) is 6.07 Å². The van der Waals surface area contributed by atoms with E-state index in [4.69, 9.17) is 0 Å². The number of carbonyl (C=O) groups is 1. The number of rotatable bonds is 3. The van der Waals surface area contributed by atoms with Crippen LogP contribution in [-0.4, -0.2) is 41.1 Å². The van der Waals surface area contributed by atoms with E-state index in [-0.39, 0.29) is 12.2 Å². The smallest absolute Gasteiger partial charge is 0.238 e. The molecule has 0 bridgehead atoms. The van der Waals surface area contributed by atoms with Gasteiger partial charge in [0.05, 0.1) is 17.8 Å². The van der Waals surface area contributed by atoms with Crippen molar-refractivity contribution in [3.63, 3.8) is 0 Å². The molecule has 18 heavy (non-hydrogen) atoms. The summed E-state index contributed by atoms with van der Waals surface area (Å²) in [5, 5.41) is 11.8. The Morgan fingerprint density at radius 3 is 2.72 bits per heavy atom. The summed E-state index contributed by atoms with van der Waals surface area (Å²) in [5.41, 5.74) is -0.796. The number of nitrogens with zero attached hydrogens (tertiary/aromatic N) is 1. The van der Waals surface area contributed by atoms with Gasteiger partial charge in [0.15, 0.2) is 0 Å². The second kappa shape index (κ2) is 4.62. The molecule has 1 aliphatic heterocycles. The Morgan fingerprint density at radius 2 is 2.17 bits per heavy atom. The summed E-state index contributed by atoms with van der Waals surface area (Å²) in [6, 6.07) is 2.96. The van der Waals surface area contributed by atoms with Crippen LogP contribution in [-0.2, 0) is 4.79 Å². The highest BCUT2D eigenvalue weighted by Gasteiger charge is 2.37. The minimum atomic E-state index is -0.807. The zero-order chi connectivity index (χ0) is 13.3. The number of hydrogen-bond acceptors (Lipinski definition) is 3. The topological polar surface area (TPSA) is 52.6 Å². The molecule has 1 aromatic carbocycles. The third-order valence-electron chi connectivity index (χ3n) is 2.70. The lowest BCUT2D eigenvalue weighted by Gasteiger charge is -2.43. The molecule has 1 aromatic rings. The van der Waals surface area contributed by atoms with Crippen molar-refractivity contribution in [1.82, 2.24) is 4.90 Å². The van der Waals surface area contributed by atoms with Crippen molar-refractivity contribution < 1.29 is 18.7 Å². The van der Waals surface area contributed by atoms with E-state index in [1.807, 2.05) is 0 Å². The van der Waals surface area contributed by atoms with Gasteiger partial charge >= 0.3 is 0 Å². The lowest BCUT2D eigenvalue weighted by atomic mass is 9.97. The van der Waals surface area contributed by atoms with Crippen LogP contribution in [0.4, 0.5) is 14.5 Å². The number of likely N-dealkylation sites (tertiary alicyclic amines) is 1. The summed E-state index contributed by atoms with van der Waals surface area (Å²) in [6.45, 7) is 2.58. The molecule has 1 aliphatic rings. The minimum Gasteiger partial charge on any atom is -0.388 e. The largest absolute Gasteiger partial charge is 0.388 e. The number of halogens is 2. The van der Waals surface area contributed by atoms with Gasteiger partial charge in [0.2, 0.25) is 5.91 Å². The van der Waals surface area contributed by atoms with E-state index in [2.05, 4.69) is 5.32 Å². The highest BCUT2D eigenvalue weighted by Crippen LogP contribution is 2.19. The third kappa shape index (κ3) is 3.02. The van der Waals surface area contributed by atoms with Crippen molar-refractivity contribution in [3.8, 4) is 0 Å². The molecular formula is C12H14F2N2O2.